The van der Waals surface area contributed by atoms with Crippen LogP contribution in [0.15, 0.2) is 60.7 Å². The smallest absolute Gasteiger partial charge is 0.267 e. The first-order chi connectivity index (χ1) is 12.6. The monoisotopic (exact) mass is 378 g/mol. The summed E-state index contributed by atoms with van der Waals surface area (Å²) in [4.78, 5) is 30.2. The van der Waals surface area contributed by atoms with Crippen molar-refractivity contribution in [3.63, 3.8) is 0 Å². The van der Waals surface area contributed by atoms with E-state index >= 15 is 0 Å². The summed E-state index contributed by atoms with van der Waals surface area (Å²) in [7, 11) is 0. The minimum Gasteiger partial charge on any atom is -0.297 e. The fourth-order valence-corrected chi connectivity index (χ4v) is 4.49. The van der Waals surface area contributed by atoms with E-state index in [4.69, 9.17) is 0 Å². The summed E-state index contributed by atoms with van der Waals surface area (Å²) in [6.45, 7) is 1.51. The molecule has 6 heteroatoms. The quantitative estimate of drug-likeness (QED) is 0.478. The van der Waals surface area contributed by atoms with Gasteiger partial charge in [-0.25, -0.2) is 4.98 Å². The number of thiophene rings is 1. The van der Waals surface area contributed by atoms with Crippen LogP contribution in [0.2, 0.25) is 0 Å². The topological polar surface area (TPSA) is 59.1 Å². The Labute approximate surface area is 158 Å². The third-order valence-electron chi connectivity index (χ3n) is 3.86. The van der Waals surface area contributed by atoms with Gasteiger partial charge in [0.05, 0.1) is 15.4 Å². The number of thiazole rings is 1. The number of Topliss-reactive ketones (excluding diaryl/α,β-unsaturated/α-hetero) is 1. The predicted molar refractivity (Wildman–Crippen MR) is 107 cm³/mol. The molecule has 0 aliphatic rings. The lowest BCUT2D eigenvalue weighted by Gasteiger charge is -1.98. The molecule has 128 valence electrons. The maximum Gasteiger partial charge on any atom is 0.267 e. The highest BCUT2D eigenvalue weighted by atomic mass is 32.1. The van der Waals surface area contributed by atoms with Crippen molar-refractivity contribution in [1.82, 2.24) is 4.98 Å². The molecule has 0 aliphatic heterocycles. The Kier molecular flexibility index (Phi) is 4.36. The lowest BCUT2D eigenvalue weighted by atomic mass is 10.1. The molecular weight excluding hydrogens is 364 g/mol. The highest BCUT2D eigenvalue weighted by molar-refractivity contribution is 7.21. The molecule has 0 unspecified atom stereocenters. The molecule has 0 radical (unpaired) electrons. The number of hydrogen-bond donors (Lipinski definition) is 1. The van der Waals surface area contributed by atoms with Gasteiger partial charge < -0.3 is 0 Å². The van der Waals surface area contributed by atoms with Crippen LogP contribution in [0.1, 0.15) is 26.3 Å². The van der Waals surface area contributed by atoms with Crippen LogP contribution in [-0.4, -0.2) is 16.7 Å². The Bertz CT molecular complexity index is 1080. The number of amides is 1. The van der Waals surface area contributed by atoms with Crippen LogP contribution in [0.4, 0.5) is 5.13 Å². The van der Waals surface area contributed by atoms with E-state index in [1.807, 2.05) is 60.7 Å². The van der Waals surface area contributed by atoms with Crippen LogP contribution >= 0.6 is 22.7 Å². The van der Waals surface area contributed by atoms with Gasteiger partial charge in [-0.2, -0.15) is 0 Å². The third-order valence-corrected chi connectivity index (χ3v) is 6.05. The highest BCUT2D eigenvalue weighted by Crippen LogP contribution is 2.32. The standard InChI is InChI=1S/C20H14N2O2S2/c1-12(23)18-17(13-7-3-2-4-8-13)21-20(26-18)22-19(24)16-11-14-9-5-6-10-15(14)25-16/h2-11H,1H3,(H,21,22,24). The maximum absolute atomic E-state index is 12.6. The van der Waals surface area contributed by atoms with E-state index in [2.05, 4.69) is 10.3 Å². The summed E-state index contributed by atoms with van der Waals surface area (Å²) in [5, 5.41) is 4.30. The molecular formula is C20H14N2O2S2. The molecule has 4 rings (SSSR count). The minimum atomic E-state index is -0.213. The van der Waals surface area contributed by atoms with Gasteiger partial charge in [-0.05, 0) is 17.5 Å². The average Bonchev–Trinajstić information content (AvgIpc) is 3.26. The molecule has 26 heavy (non-hydrogen) atoms. The molecule has 0 aliphatic carbocycles. The zero-order valence-electron chi connectivity index (χ0n) is 13.9. The number of carbonyl (C=O) groups excluding carboxylic acids is 2. The van der Waals surface area contributed by atoms with Crippen molar-refractivity contribution in [2.45, 2.75) is 6.92 Å². The molecule has 2 aromatic carbocycles. The number of aromatic nitrogens is 1. The lowest BCUT2D eigenvalue weighted by molar-refractivity contribution is 0.101. The van der Waals surface area contributed by atoms with Crippen molar-refractivity contribution in [2.24, 2.45) is 0 Å². The number of rotatable bonds is 4. The number of fused-ring (bicyclic) bond motifs is 1. The Hall–Kier alpha value is -2.83. The summed E-state index contributed by atoms with van der Waals surface area (Å²) in [6.07, 6.45) is 0. The van der Waals surface area contributed by atoms with Crippen LogP contribution in [-0.2, 0) is 0 Å². The molecule has 1 N–H and O–H groups in total. The number of benzene rings is 2. The predicted octanol–water partition coefficient (Wildman–Crippen LogP) is 5.48. The SMILES string of the molecule is CC(=O)c1sc(NC(=O)c2cc3ccccc3s2)nc1-c1ccccc1. The first-order valence-corrected chi connectivity index (χ1v) is 9.62. The molecule has 0 saturated heterocycles. The zero-order chi connectivity index (χ0) is 18.1. The third kappa shape index (κ3) is 3.16. The van der Waals surface area contributed by atoms with E-state index in [-0.39, 0.29) is 11.7 Å². The van der Waals surface area contributed by atoms with Gasteiger partial charge in [-0.3, -0.25) is 14.9 Å². The largest absolute Gasteiger partial charge is 0.297 e. The van der Waals surface area contributed by atoms with E-state index in [1.54, 1.807) is 0 Å². The highest BCUT2D eigenvalue weighted by Gasteiger charge is 2.19. The van der Waals surface area contributed by atoms with Gasteiger partial charge in [-0.1, -0.05) is 59.9 Å². The van der Waals surface area contributed by atoms with Gasteiger partial charge >= 0.3 is 0 Å². The second-order valence-corrected chi connectivity index (χ2v) is 7.80. The maximum atomic E-state index is 12.6. The van der Waals surface area contributed by atoms with Crippen molar-refractivity contribution in [1.29, 1.82) is 0 Å². The first-order valence-electron chi connectivity index (χ1n) is 7.99. The summed E-state index contributed by atoms with van der Waals surface area (Å²) in [6, 6.07) is 19.2. The van der Waals surface area contributed by atoms with Crippen LogP contribution in [0.5, 0.6) is 0 Å². The Balaban J connectivity index is 1.66. The number of nitrogens with zero attached hydrogens (tertiary/aromatic N) is 1. The number of anilines is 1. The van der Waals surface area contributed by atoms with Gasteiger partial charge in [0.2, 0.25) is 0 Å². The van der Waals surface area contributed by atoms with E-state index in [0.717, 1.165) is 15.6 Å². The van der Waals surface area contributed by atoms with E-state index in [1.165, 1.54) is 29.6 Å². The minimum absolute atomic E-state index is 0.0660. The van der Waals surface area contributed by atoms with E-state index in [9.17, 15) is 9.59 Å². The van der Waals surface area contributed by atoms with Crippen LogP contribution in [0.25, 0.3) is 21.3 Å². The van der Waals surface area contributed by atoms with Gasteiger partial charge in [0.15, 0.2) is 10.9 Å². The van der Waals surface area contributed by atoms with Crippen LogP contribution < -0.4 is 5.32 Å². The fourth-order valence-electron chi connectivity index (χ4n) is 2.66. The fraction of sp³-hybridized carbons (Fsp3) is 0.0500. The summed E-state index contributed by atoms with van der Waals surface area (Å²) in [5.41, 5.74) is 1.46. The van der Waals surface area contributed by atoms with Crippen molar-refractivity contribution >= 4 is 49.6 Å². The molecule has 0 spiro atoms. The van der Waals surface area contributed by atoms with Gasteiger partial charge in [-0.15, -0.1) is 11.3 Å². The molecule has 1 amide bonds. The molecule has 0 atom stereocenters. The van der Waals surface area contributed by atoms with Crippen molar-refractivity contribution in [3.8, 4) is 11.3 Å². The Morgan fingerprint density at radius 1 is 0.962 bits per heavy atom. The lowest BCUT2D eigenvalue weighted by Crippen LogP contribution is -2.09. The van der Waals surface area contributed by atoms with Gasteiger partial charge in [0, 0.05) is 17.2 Å². The number of ketones is 1. The van der Waals surface area contributed by atoms with Crippen molar-refractivity contribution in [2.75, 3.05) is 5.32 Å². The Morgan fingerprint density at radius 3 is 2.42 bits per heavy atom. The van der Waals surface area contributed by atoms with Gasteiger partial charge in [0.25, 0.3) is 5.91 Å². The van der Waals surface area contributed by atoms with Crippen molar-refractivity contribution < 1.29 is 9.59 Å². The molecule has 4 nitrogen and oxygen atoms in total. The molecule has 2 aromatic heterocycles. The molecule has 0 fully saturated rings. The zero-order valence-corrected chi connectivity index (χ0v) is 15.5. The van der Waals surface area contributed by atoms with Gasteiger partial charge in [0.1, 0.15) is 0 Å². The molecule has 4 aromatic rings. The molecule has 0 saturated carbocycles. The second-order valence-electron chi connectivity index (χ2n) is 5.72. The Morgan fingerprint density at radius 2 is 1.69 bits per heavy atom. The van der Waals surface area contributed by atoms with Crippen LogP contribution in [0.3, 0.4) is 0 Å². The summed E-state index contributed by atoms with van der Waals surface area (Å²) < 4.78 is 1.06. The number of carbonyl (C=O) groups is 2. The molecule has 2 heterocycles. The van der Waals surface area contributed by atoms with Crippen LogP contribution in [0, 0.1) is 0 Å². The summed E-state index contributed by atoms with van der Waals surface area (Å²) >= 11 is 2.64. The van der Waals surface area contributed by atoms with E-state index < -0.39 is 0 Å². The normalized spacial score (nSPS) is 10.8. The number of nitrogens with one attached hydrogen (secondary N) is 1. The number of hydrogen-bond acceptors (Lipinski definition) is 5. The first kappa shape index (κ1) is 16.6. The van der Waals surface area contributed by atoms with Crippen molar-refractivity contribution in [3.05, 3.63) is 70.4 Å². The average molecular weight is 378 g/mol. The molecule has 0 bridgehead atoms. The van der Waals surface area contributed by atoms with E-state index in [0.29, 0.717) is 20.6 Å². The second kappa shape index (κ2) is 6.82. The summed E-state index contributed by atoms with van der Waals surface area (Å²) in [5.74, 6) is -0.279.